The van der Waals surface area contributed by atoms with Crippen LogP contribution in [-0.2, 0) is 24.8 Å². The van der Waals surface area contributed by atoms with Gasteiger partial charge in [-0.05, 0) is 55.9 Å². The first kappa shape index (κ1) is 20.5. The number of hydrogen-bond donors (Lipinski definition) is 1. The molecule has 2 aliphatic rings. The fourth-order valence-corrected chi connectivity index (χ4v) is 4.02. The first-order valence-corrected chi connectivity index (χ1v) is 11.0. The summed E-state index contributed by atoms with van der Waals surface area (Å²) in [6.07, 6.45) is 4.97. The number of nitrogens with zero attached hydrogens (tertiary/aromatic N) is 8. The van der Waals surface area contributed by atoms with Gasteiger partial charge in [0.15, 0.2) is 5.82 Å². The molecule has 0 amide bonds. The van der Waals surface area contributed by atoms with Crippen LogP contribution >= 0.6 is 0 Å². The Balaban J connectivity index is 1.29. The van der Waals surface area contributed by atoms with E-state index in [4.69, 9.17) is 4.74 Å². The van der Waals surface area contributed by atoms with Crippen LogP contribution in [0.4, 0.5) is 0 Å². The van der Waals surface area contributed by atoms with Gasteiger partial charge in [0.05, 0.1) is 29.6 Å². The van der Waals surface area contributed by atoms with Gasteiger partial charge in [0.2, 0.25) is 0 Å². The Hall–Kier alpha value is -3.37. The van der Waals surface area contributed by atoms with Gasteiger partial charge in [-0.15, -0.1) is 15.3 Å². The molecule has 5 rings (SSSR count). The molecule has 3 heterocycles. The predicted octanol–water partition coefficient (Wildman–Crippen LogP) is 1.66. The monoisotopic (exact) mass is 438 g/mol. The van der Waals surface area contributed by atoms with Gasteiger partial charge in [0.25, 0.3) is 0 Å². The zero-order chi connectivity index (χ0) is 22.2. The SMILES string of the molecule is Cc1nc(-c2nnn(C)c2Cn2nnc(CC3CC3)n2)ccc1OC[C@H]1CC[C@@H]1C(=O)O. The van der Waals surface area contributed by atoms with E-state index in [9.17, 15) is 9.90 Å². The van der Waals surface area contributed by atoms with Crippen LogP contribution in [0.25, 0.3) is 11.4 Å². The first-order valence-electron chi connectivity index (χ1n) is 11.0. The summed E-state index contributed by atoms with van der Waals surface area (Å²) in [5.74, 6) is 1.13. The maximum absolute atomic E-state index is 11.2. The van der Waals surface area contributed by atoms with Crippen molar-refractivity contribution in [2.45, 2.75) is 45.6 Å². The van der Waals surface area contributed by atoms with Gasteiger partial charge in [-0.2, -0.15) is 4.80 Å². The van der Waals surface area contributed by atoms with Gasteiger partial charge >= 0.3 is 5.97 Å². The van der Waals surface area contributed by atoms with Crippen molar-refractivity contribution in [2.75, 3.05) is 6.61 Å². The highest BCUT2D eigenvalue weighted by Crippen LogP contribution is 2.35. The second-order valence-electron chi connectivity index (χ2n) is 8.77. The Morgan fingerprint density at radius 1 is 1.19 bits per heavy atom. The van der Waals surface area contributed by atoms with E-state index in [0.717, 1.165) is 36.5 Å². The molecule has 1 N–H and O–H groups in total. The fraction of sp³-hybridized carbons (Fsp3) is 0.571. The van der Waals surface area contributed by atoms with E-state index >= 15 is 0 Å². The summed E-state index contributed by atoms with van der Waals surface area (Å²) in [4.78, 5) is 17.4. The molecular weight excluding hydrogens is 412 g/mol. The van der Waals surface area contributed by atoms with Gasteiger partial charge in [-0.1, -0.05) is 5.21 Å². The van der Waals surface area contributed by atoms with E-state index in [1.165, 1.54) is 12.8 Å². The smallest absolute Gasteiger partial charge is 0.306 e. The lowest BCUT2D eigenvalue weighted by Crippen LogP contribution is -2.36. The van der Waals surface area contributed by atoms with Gasteiger partial charge in [0.1, 0.15) is 18.0 Å². The maximum Gasteiger partial charge on any atom is 0.306 e. The van der Waals surface area contributed by atoms with Crippen molar-refractivity contribution in [1.82, 2.24) is 40.2 Å². The highest BCUT2D eigenvalue weighted by Gasteiger charge is 2.37. The Morgan fingerprint density at radius 3 is 2.72 bits per heavy atom. The van der Waals surface area contributed by atoms with Crippen LogP contribution in [0, 0.1) is 24.7 Å². The number of aromatic nitrogens is 8. The van der Waals surface area contributed by atoms with Crippen LogP contribution in [0.5, 0.6) is 5.75 Å². The predicted molar refractivity (Wildman–Crippen MR) is 112 cm³/mol. The Kier molecular flexibility index (Phi) is 5.32. The molecule has 11 heteroatoms. The first-order chi connectivity index (χ1) is 15.5. The Morgan fingerprint density at radius 2 is 2.03 bits per heavy atom. The highest BCUT2D eigenvalue weighted by atomic mass is 16.5. The van der Waals surface area contributed by atoms with E-state index in [1.54, 1.807) is 9.48 Å². The number of tetrazole rings is 1. The van der Waals surface area contributed by atoms with Crippen molar-refractivity contribution in [3.8, 4) is 17.1 Å². The summed E-state index contributed by atoms with van der Waals surface area (Å²) in [6, 6.07) is 3.70. The molecule has 0 radical (unpaired) electrons. The zero-order valence-corrected chi connectivity index (χ0v) is 18.2. The molecule has 0 aliphatic heterocycles. The molecule has 2 saturated carbocycles. The molecule has 2 aliphatic carbocycles. The summed E-state index contributed by atoms with van der Waals surface area (Å²) >= 11 is 0. The second kappa shape index (κ2) is 8.29. The Bertz CT molecular complexity index is 1140. The molecule has 11 nitrogen and oxygen atoms in total. The fourth-order valence-electron chi connectivity index (χ4n) is 4.02. The largest absolute Gasteiger partial charge is 0.491 e. The van der Waals surface area contributed by atoms with Crippen LogP contribution in [-0.4, -0.2) is 57.9 Å². The minimum atomic E-state index is -0.744. The van der Waals surface area contributed by atoms with Crippen LogP contribution in [0.1, 0.15) is 42.9 Å². The van der Waals surface area contributed by atoms with Crippen LogP contribution in [0.15, 0.2) is 12.1 Å². The zero-order valence-electron chi connectivity index (χ0n) is 18.2. The summed E-state index contributed by atoms with van der Waals surface area (Å²) in [7, 11) is 1.83. The third-order valence-corrected chi connectivity index (χ3v) is 6.36. The van der Waals surface area contributed by atoms with Crippen molar-refractivity contribution in [3.05, 3.63) is 29.3 Å². The number of carboxylic acid groups (broad SMARTS) is 1. The molecule has 0 bridgehead atoms. The standard InChI is InChI=1S/C21H26N8O3/c1-12-18(32-11-14-5-6-15(14)21(30)31)8-7-16(22-12)20-17(28(2)26-24-20)10-29-25-19(23-27-29)9-13-3-4-13/h7-8,13-15H,3-6,9-11H2,1-2H3,(H,30,31)/t14-,15+/m1/s1. The normalized spacial score (nSPS) is 20.2. The van der Waals surface area contributed by atoms with E-state index in [0.29, 0.717) is 36.2 Å². The van der Waals surface area contributed by atoms with Crippen molar-refractivity contribution in [2.24, 2.45) is 24.8 Å². The number of carbonyl (C=O) groups is 1. The van der Waals surface area contributed by atoms with Crippen molar-refractivity contribution in [1.29, 1.82) is 0 Å². The van der Waals surface area contributed by atoms with Crippen LogP contribution in [0.3, 0.4) is 0 Å². The molecule has 3 aromatic rings. The van der Waals surface area contributed by atoms with Crippen LogP contribution in [0.2, 0.25) is 0 Å². The van der Waals surface area contributed by atoms with Crippen molar-refractivity contribution < 1.29 is 14.6 Å². The third kappa shape index (κ3) is 4.19. The topological polar surface area (TPSA) is 134 Å². The molecule has 2 atom stereocenters. The summed E-state index contributed by atoms with van der Waals surface area (Å²) in [5.41, 5.74) is 2.90. The number of pyridine rings is 1. The minimum absolute atomic E-state index is 0.0538. The van der Waals surface area contributed by atoms with Gasteiger partial charge in [-0.3, -0.25) is 4.79 Å². The molecular formula is C21H26N8O3. The van der Waals surface area contributed by atoms with E-state index in [2.05, 4.69) is 30.7 Å². The van der Waals surface area contributed by atoms with E-state index < -0.39 is 5.97 Å². The average Bonchev–Trinajstić information content (AvgIpc) is 3.31. The third-order valence-electron chi connectivity index (χ3n) is 6.36. The maximum atomic E-state index is 11.2. The number of carboxylic acids is 1. The van der Waals surface area contributed by atoms with Crippen molar-refractivity contribution in [3.63, 3.8) is 0 Å². The minimum Gasteiger partial charge on any atom is -0.491 e. The molecule has 0 saturated heterocycles. The van der Waals surface area contributed by atoms with Gasteiger partial charge in [-0.25, -0.2) is 9.67 Å². The lowest BCUT2D eigenvalue weighted by molar-refractivity contribution is -0.148. The average molecular weight is 438 g/mol. The van der Waals surface area contributed by atoms with Crippen molar-refractivity contribution >= 4 is 5.97 Å². The number of aryl methyl sites for hydroxylation is 2. The molecule has 0 unspecified atom stereocenters. The highest BCUT2D eigenvalue weighted by molar-refractivity contribution is 5.71. The molecule has 0 aromatic carbocycles. The molecule has 3 aromatic heterocycles. The second-order valence-corrected chi connectivity index (χ2v) is 8.77. The van der Waals surface area contributed by atoms with Gasteiger partial charge in [0, 0.05) is 19.4 Å². The quantitative estimate of drug-likeness (QED) is 0.529. The summed E-state index contributed by atoms with van der Waals surface area (Å²) in [5, 5.41) is 30.5. The molecule has 0 spiro atoms. The molecule has 2 fully saturated rings. The lowest BCUT2D eigenvalue weighted by Gasteiger charge is -2.33. The van der Waals surface area contributed by atoms with Crippen LogP contribution < -0.4 is 4.74 Å². The van der Waals surface area contributed by atoms with Gasteiger partial charge < -0.3 is 9.84 Å². The Labute approximate surface area is 184 Å². The number of hydrogen-bond acceptors (Lipinski definition) is 8. The van der Waals surface area contributed by atoms with E-state index in [-0.39, 0.29) is 11.8 Å². The number of ether oxygens (including phenoxy) is 1. The van der Waals surface area contributed by atoms with E-state index in [1.807, 2.05) is 26.1 Å². The lowest BCUT2D eigenvalue weighted by atomic mass is 9.74. The molecule has 168 valence electrons. The number of aliphatic carboxylic acids is 1. The molecule has 32 heavy (non-hydrogen) atoms. The number of rotatable bonds is 9. The summed E-state index contributed by atoms with van der Waals surface area (Å²) in [6.45, 7) is 2.65. The summed E-state index contributed by atoms with van der Waals surface area (Å²) < 4.78 is 7.58.